The molecule has 0 aliphatic carbocycles. The highest BCUT2D eigenvalue weighted by Crippen LogP contribution is 2.32. The number of unbranched alkanes of at least 4 members (excludes halogenated alkanes) is 13. The summed E-state index contributed by atoms with van der Waals surface area (Å²) in [7, 11) is -3.52. The molecule has 0 aliphatic rings. The number of nitrogen functional groups attached to an aromatic ring is 1. The van der Waals surface area contributed by atoms with Gasteiger partial charge in [0, 0.05) is 17.3 Å². The van der Waals surface area contributed by atoms with Crippen molar-refractivity contribution in [2.24, 2.45) is 0 Å². The van der Waals surface area contributed by atoms with Crippen LogP contribution in [0.3, 0.4) is 0 Å². The average molecular weight is 566 g/mol. The third kappa shape index (κ3) is 12.4. The number of rotatable bonds is 19. The van der Waals surface area contributed by atoms with Crippen molar-refractivity contribution in [2.45, 2.75) is 96.8 Å². The van der Waals surface area contributed by atoms with Crippen LogP contribution in [0.15, 0.2) is 36.4 Å². The molecule has 2 aromatic carbocycles. The Hall–Kier alpha value is -2.45. The standard InChI is InChI=1S/C29H44ClN3O4S/c1-2-3-4-5-6-7-8-9-10-11-12-13-14-15-19-38(36,37)33-24-18-16-17-23(20-24)29(35)32-27-21-25(30)26(31)22-28(27)34/h16-18,20-22,33-34H,2-15,19,31H2,1H3,(H,32,35). The van der Waals surface area contributed by atoms with E-state index in [9.17, 15) is 18.3 Å². The molecule has 0 aromatic heterocycles. The molecule has 0 aliphatic heterocycles. The lowest BCUT2D eigenvalue weighted by Gasteiger charge is -2.11. The Kier molecular flexibility index (Phi) is 14.4. The van der Waals surface area contributed by atoms with E-state index in [-0.39, 0.29) is 33.5 Å². The van der Waals surface area contributed by atoms with Gasteiger partial charge in [-0.05, 0) is 30.7 Å². The number of sulfonamides is 1. The maximum Gasteiger partial charge on any atom is 0.255 e. The van der Waals surface area contributed by atoms with Crippen LogP contribution in [0.2, 0.25) is 5.02 Å². The highest BCUT2D eigenvalue weighted by Gasteiger charge is 2.14. The Morgan fingerprint density at radius 1 is 0.868 bits per heavy atom. The molecule has 38 heavy (non-hydrogen) atoms. The lowest BCUT2D eigenvalue weighted by Crippen LogP contribution is -2.17. The molecule has 2 aromatic rings. The number of hydrogen-bond donors (Lipinski definition) is 4. The average Bonchev–Trinajstić information content (AvgIpc) is 2.87. The van der Waals surface area contributed by atoms with E-state index in [1.807, 2.05) is 0 Å². The lowest BCUT2D eigenvalue weighted by molar-refractivity contribution is 0.102. The summed E-state index contributed by atoms with van der Waals surface area (Å²) in [6, 6.07) is 8.80. The van der Waals surface area contributed by atoms with Crippen molar-refractivity contribution < 1.29 is 18.3 Å². The molecule has 0 atom stereocenters. The van der Waals surface area contributed by atoms with Gasteiger partial charge in [-0.3, -0.25) is 9.52 Å². The predicted octanol–water partition coefficient (Wildman–Crippen LogP) is 8.10. The number of carbonyl (C=O) groups is 1. The van der Waals surface area contributed by atoms with Gasteiger partial charge >= 0.3 is 0 Å². The second kappa shape index (κ2) is 17.2. The summed E-state index contributed by atoms with van der Waals surface area (Å²) in [5.41, 5.74) is 6.48. The van der Waals surface area contributed by atoms with Gasteiger partial charge < -0.3 is 16.2 Å². The van der Waals surface area contributed by atoms with Crippen molar-refractivity contribution >= 4 is 44.6 Å². The summed E-state index contributed by atoms with van der Waals surface area (Å²) in [4.78, 5) is 12.6. The summed E-state index contributed by atoms with van der Waals surface area (Å²) in [5, 5.41) is 12.8. The van der Waals surface area contributed by atoms with Crippen LogP contribution in [0.4, 0.5) is 17.1 Å². The first-order chi connectivity index (χ1) is 18.2. The van der Waals surface area contributed by atoms with Gasteiger partial charge in [-0.2, -0.15) is 0 Å². The quantitative estimate of drug-likeness (QED) is 0.0778. The molecular weight excluding hydrogens is 522 g/mol. The third-order valence-corrected chi connectivity index (χ3v) is 8.23. The van der Waals surface area contributed by atoms with Gasteiger partial charge in [-0.15, -0.1) is 0 Å². The first-order valence-corrected chi connectivity index (χ1v) is 15.9. The molecule has 5 N–H and O–H groups in total. The molecule has 0 heterocycles. The van der Waals surface area contributed by atoms with Crippen molar-refractivity contribution in [1.29, 1.82) is 0 Å². The topological polar surface area (TPSA) is 122 Å². The third-order valence-electron chi connectivity index (χ3n) is 6.53. The Bertz CT molecular complexity index is 1110. The van der Waals surface area contributed by atoms with Crippen LogP contribution >= 0.6 is 11.6 Å². The Morgan fingerprint density at radius 2 is 1.42 bits per heavy atom. The van der Waals surface area contributed by atoms with Crippen LogP contribution in [0.1, 0.15) is 107 Å². The van der Waals surface area contributed by atoms with E-state index >= 15 is 0 Å². The van der Waals surface area contributed by atoms with Crippen molar-refractivity contribution in [2.75, 3.05) is 21.5 Å². The van der Waals surface area contributed by atoms with Crippen LogP contribution < -0.4 is 15.8 Å². The summed E-state index contributed by atoms with van der Waals surface area (Å²) in [6.07, 6.45) is 16.9. The second-order valence-corrected chi connectivity index (χ2v) is 12.2. The molecule has 0 bridgehead atoms. The van der Waals surface area contributed by atoms with Gasteiger partial charge in [-0.1, -0.05) is 108 Å². The molecule has 0 unspecified atom stereocenters. The molecule has 0 saturated carbocycles. The van der Waals surface area contributed by atoms with Gasteiger partial charge in [0.15, 0.2) is 0 Å². The van der Waals surface area contributed by atoms with Gasteiger partial charge in [0.05, 0.1) is 22.2 Å². The van der Waals surface area contributed by atoms with Crippen LogP contribution in [-0.4, -0.2) is 25.2 Å². The molecular formula is C29H44ClN3O4S. The minimum absolute atomic E-state index is 0.0409. The lowest BCUT2D eigenvalue weighted by atomic mass is 10.0. The first kappa shape index (κ1) is 31.8. The molecule has 212 valence electrons. The largest absolute Gasteiger partial charge is 0.506 e. The molecule has 0 fully saturated rings. The van der Waals surface area contributed by atoms with E-state index in [4.69, 9.17) is 17.3 Å². The smallest absolute Gasteiger partial charge is 0.255 e. The number of carbonyl (C=O) groups excluding carboxylic acids is 1. The van der Waals surface area contributed by atoms with Gasteiger partial charge in [0.2, 0.25) is 10.0 Å². The van der Waals surface area contributed by atoms with E-state index in [2.05, 4.69) is 17.0 Å². The van der Waals surface area contributed by atoms with Crippen molar-refractivity contribution in [3.05, 3.63) is 47.0 Å². The fourth-order valence-electron chi connectivity index (χ4n) is 4.31. The van der Waals surface area contributed by atoms with Crippen LogP contribution in [0.5, 0.6) is 5.75 Å². The number of benzene rings is 2. The minimum Gasteiger partial charge on any atom is -0.506 e. The number of aromatic hydroxyl groups is 1. The Balaban J connectivity index is 1.66. The van der Waals surface area contributed by atoms with E-state index < -0.39 is 15.9 Å². The van der Waals surface area contributed by atoms with Crippen LogP contribution in [-0.2, 0) is 10.0 Å². The SMILES string of the molecule is CCCCCCCCCCCCCCCCS(=O)(=O)Nc1cccc(C(=O)Nc2cc(Cl)c(N)cc2O)c1. The summed E-state index contributed by atoms with van der Waals surface area (Å²) >= 11 is 5.97. The number of hydrogen-bond acceptors (Lipinski definition) is 5. The van der Waals surface area contributed by atoms with Crippen molar-refractivity contribution in [3.8, 4) is 5.75 Å². The monoisotopic (exact) mass is 565 g/mol. The highest BCUT2D eigenvalue weighted by atomic mass is 35.5. The molecule has 2 rings (SSSR count). The van der Waals surface area contributed by atoms with Gasteiger partial charge in [0.1, 0.15) is 5.75 Å². The molecule has 7 nitrogen and oxygen atoms in total. The van der Waals surface area contributed by atoms with E-state index in [0.717, 1.165) is 19.3 Å². The van der Waals surface area contributed by atoms with E-state index in [0.29, 0.717) is 12.1 Å². The number of nitrogens with one attached hydrogen (secondary N) is 2. The minimum atomic E-state index is -3.52. The van der Waals surface area contributed by atoms with Gasteiger partial charge in [-0.25, -0.2) is 8.42 Å². The van der Waals surface area contributed by atoms with Crippen molar-refractivity contribution in [3.63, 3.8) is 0 Å². The number of nitrogens with two attached hydrogens (primary N) is 1. The highest BCUT2D eigenvalue weighted by molar-refractivity contribution is 7.92. The van der Waals surface area contributed by atoms with Gasteiger partial charge in [0.25, 0.3) is 5.91 Å². The fraction of sp³-hybridized carbons (Fsp3) is 0.552. The molecule has 0 spiro atoms. The zero-order valence-corrected chi connectivity index (χ0v) is 24.2. The fourth-order valence-corrected chi connectivity index (χ4v) is 5.65. The van der Waals surface area contributed by atoms with Crippen molar-refractivity contribution in [1.82, 2.24) is 0 Å². The Labute approximate surface area is 233 Å². The maximum absolute atomic E-state index is 12.6. The number of anilines is 3. The maximum atomic E-state index is 12.6. The predicted molar refractivity (Wildman–Crippen MR) is 160 cm³/mol. The molecule has 1 amide bonds. The Morgan fingerprint density at radius 3 is 2.00 bits per heavy atom. The zero-order valence-electron chi connectivity index (χ0n) is 22.6. The number of phenolic OH excluding ortho intramolecular Hbond substituents is 1. The molecule has 0 saturated heterocycles. The normalized spacial score (nSPS) is 11.4. The van der Waals surface area contributed by atoms with Crippen LogP contribution in [0, 0.1) is 0 Å². The van der Waals surface area contributed by atoms with E-state index in [1.165, 1.54) is 82.4 Å². The summed E-state index contributed by atoms with van der Waals surface area (Å²) in [6.45, 7) is 2.25. The number of halogens is 1. The zero-order chi connectivity index (χ0) is 27.8. The second-order valence-electron chi connectivity index (χ2n) is 9.94. The molecule has 9 heteroatoms. The first-order valence-electron chi connectivity index (χ1n) is 13.9. The van der Waals surface area contributed by atoms with Crippen LogP contribution in [0.25, 0.3) is 0 Å². The molecule has 0 radical (unpaired) electrons. The van der Waals surface area contributed by atoms with E-state index in [1.54, 1.807) is 18.2 Å². The number of amides is 1. The summed E-state index contributed by atoms with van der Waals surface area (Å²) < 4.78 is 27.6. The summed E-state index contributed by atoms with van der Waals surface area (Å²) in [5.74, 6) is -0.696. The number of phenols is 1.